The molecule has 2 heterocycles. The summed E-state index contributed by atoms with van der Waals surface area (Å²) in [7, 11) is 0. The van der Waals surface area contributed by atoms with Gasteiger partial charge in [0.05, 0.1) is 5.75 Å². The van der Waals surface area contributed by atoms with Crippen molar-refractivity contribution in [2.75, 3.05) is 16.4 Å². The van der Waals surface area contributed by atoms with E-state index in [1.165, 1.54) is 23.1 Å². The van der Waals surface area contributed by atoms with Crippen molar-refractivity contribution in [2.24, 2.45) is 0 Å². The molecule has 0 spiro atoms. The minimum atomic E-state index is -0.225. The number of carbonyl (C=O) groups is 2. The number of aromatic nitrogens is 3. The van der Waals surface area contributed by atoms with Crippen LogP contribution in [0.1, 0.15) is 17.7 Å². The maximum absolute atomic E-state index is 12.0. The van der Waals surface area contributed by atoms with Crippen molar-refractivity contribution in [3.63, 3.8) is 0 Å². The van der Waals surface area contributed by atoms with E-state index in [0.29, 0.717) is 33.9 Å². The normalized spacial score (nSPS) is 10.6. The molecule has 8 nitrogen and oxygen atoms in total. The first kappa shape index (κ1) is 19.1. The van der Waals surface area contributed by atoms with Crippen molar-refractivity contribution in [1.82, 2.24) is 15.4 Å². The molecule has 10 heteroatoms. The average Bonchev–Trinajstić information content (AvgIpc) is 3.28. The largest absolute Gasteiger partial charge is 0.360 e. The minimum absolute atomic E-state index is 0.120. The topological polar surface area (TPSA) is 110 Å². The van der Waals surface area contributed by atoms with E-state index in [9.17, 15) is 9.59 Å². The molecule has 140 valence electrons. The van der Waals surface area contributed by atoms with Crippen LogP contribution in [0.25, 0.3) is 0 Å². The molecule has 2 N–H and O–H groups in total. The fourth-order valence-corrected chi connectivity index (χ4v) is 3.70. The minimum Gasteiger partial charge on any atom is -0.360 e. The summed E-state index contributed by atoms with van der Waals surface area (Å²) in [5, 5.41) is 17.4. The van der Waals surface area contributed by atoms with Crippen LogP contribution in [-0.2, 0) is 16.0 Å². The SMILES string of the molecule is Cc1cc(NC(=O)CSc2nnc(NC(=O)CCc3ccccc3)s2)no1. The van der Waals surface area contributed by atoms with Gasteiger partial charge in [-0.1, -0.05) is 58.6 Å². The van der Waals surface area contributed by atoms with Gasteiger partial charge in [-0.05, 0) is 18.9 Å². The van der Waals surface area contributed by atoms with Crippen molar-refractivity contribution < 1.29 is 14.1 Å². The molecule has 3 rings (SSSR count). The first-order valence-electron chi connectivity index (χ1n) is 8.12. The van der Waals surface area contributed by atoms with Gasteiger partial charge in [0.1, 0.15) is 5.76 Å². The van der Waals surface area contributed by atoms with Crippen molar-refractivity contribution in [3.8, 4) is 0 Å². The van der Waals surface area contributed by atoms with E-state index in [-0.39, 0.29) is 17.6 Å². The Hall–Kier alpha value is -2.72. The molecule has 27 heavy (non-hydrogen) atoms. The van der Waals surface area contributed by atoms with Crippen molar-refractivity contribution in [3.05, 3.63) is 47.7 Å². The average molecular weight is 403 g/mol. The zero-order valence-corrected chi connectivity index (χ0v) is 16.1. The van der Waals surface area contributed by atoms with E-state index < -0.39 is 0 Å². The van der Waals surface area contributed by atoms with Gasteiger partial charge in [0.25, 0.3) is 0 Å². The summed E-state index contributed by atoms with van der Waals surface area (Å²) in [4.78, 5) is 23.9. The second-order valence-electron chi connectivity index (χ2n) is 5.57. The molecule has 0 saturated heterocycles. The molecule has 2 aromatic heterocycles. The van der Waals surface area contributed by atoms with Gasteiger partial charge in [0, 0.05) is 12.5 Å². The number of anilines is 2. The van der Waals surface area contributed by atoms with Gasteiger partial charge >= 0.3 is 0 Å². The van der Waals surface area contributed by atoms with Crippen LogP contribution in [0.3, 0.4) is 0 Å². The molecular formula is C17H17N5O3S2. The number of nitrogens with zero attached hydrogens (tertiary/aromatic N) is 3. The van der Waals surface area contributed by atoms with Gasteiger partial charge in [-0.2, -0.15) is 0 Å². The number of aryl methyl sites for hydroxylation is 2. The predicted molar refractivity (Wildman–Crippen MR) is 104 cm³/mol. The quantitative estimate of drug-likeness (QED) is 0.439. The van der Waals surface area contributed by atoms with E-state index in [1.807, 2.05) is 30.3 Å². The Labute approximate surface area is 163 Å². The molecule has 3 aromatic rings. The molecule has 0 aliphatic rings. The Balaban J connectivity index is 1.41. The molecule has 0 aliphatic heterocycles. The fraction of sp³-hybridized carbons (Fsp3) is 0.235. The summed E-state index contributed by atoms with van der Waals surface area (Å²) < 4.78 is 5.48. The van der Waals surface area contributed by atoms with Crippen LogP contribution >= 0.6 is 23.1 Å². The highest BCUT2D eigenvalue weighted by molar-refractivity contribution is 8.01. The Bertz CT molecular complexity index is 910. The van der Waals surface area contributed by atoms with Crippen molar-refractivity contribution in [2.45, 2.75) is 24.1 Å². The second-order valence-corrected chi connectivity index (χ2v) is 7.77. The van der Waals surface area contributed by atoms with Gasteiger partial charge in [-0.25, -0.2) is 0 Å². The summed E-state index contributed by atoms with van der Waals surface area (Å²) in [5.41, 5.74) is 1.11. The predicted octanol–water partition coefficient (Wildman–Crippen LogP) is 3.14. The number of rotatable bonds is 8. The summed E-state index contributed by atoms with van der Waals surface area (Å²) >= 11 is 2.47. The number of nitrogens with one attached hydrogen (secondary N) is 2. The smallest absolute Gasteiger partial charge is 0.236 e. The van der Waals surface area contributed by atoms with E-state index in [1.54, 1.807) is 13.0 Å². The number of carbonyl (C=O) groups excluding carboxylic acids is 2. The molecule has 0 radical (unpaired) electrons. The van der Waals surface area contributed by atoms with E-state index in [2.05, 4.69) is 26.0 Å². The Morgan fingerprint density at radius 3 is 2.70 bits per heavy atom. The van der Waals surface area contributed by atoms with E-state index in [4.69, 9.17) is 4.52 Å². The lowest BCUT2D eigenvalue weighted by molar-refractivity contribution is -0.116. The lowest BCUT2D eigenvalue weighted by atomic mass is 10.1. The van der Waals surface area contributed by atoms with Gasteiger partial charge < -0.3 is 15.2 Å². The summed E-state index contributed by atoms with van der Waals surface area (Å²) in [5.74, 6) is 0.807. The highest BCUT2D eigenvalue weighted by Gasteiger charge is 2.12. The molecule has 1 aromatic carbocycles. The molecule has 2 amide bonds. The lowest BCUT2D eigenvalue weighted by Crippen LogP contribution is -2.14. The first-order valence-corrected chi connectivity index (χ1v) is 9.92. The molecule has 0 unspecified atom stereocenters. The summed E-state index contributed by atoms with van der Waals surface area (Å²) in [6.07, 6.45) is 1.03. The maximum atomic E-state index is 12.0. The van der Waals surface area contributed by atoms with Crippen LogP contribution in [0.5, 0.6) is 0 Å². The zero-order valence-electron chi connectivity index (χ0n) is 14.5. The molecule has 0 aliphatic carbocycles. The molecule has 0 fully saturated rings. The van der Waals surface area contributed by atoms with Crippen molar-refractivity contribution >= 4 is 45.9 Å². The summed E-state index contributed by atoms with van der Waals surface area (Å²) in [6.45, 7) is 1.74. The van der Waals surface area contributed by atoms with Crippen molar-refractivity contribution in [1.29, 1.82) is 0 Å². The lowest BCUT2D eigenvalue weighted by Gasteiger charge is -2.01. The van der Waals surface area contributed by atoms with Crippen LogP contribution in [0.4, 0.5) is 10.9 Å². The van der Waals surface area contributed by atoms with Crippen LogP contribution in [0, 0.1) is 6.92 Å². The van der Waals surface area contributed by atoms with Crippen LogP contribution < -0.4 is 10.6 Å². The Kier molecular flexibility index (Phi) is 6.55. The van der Waals surface area contributed by atoms with E-state index >= 15 is 0 Å². The highest BCUT2D eigenvalue weighted by Crippen LogP contribution is 2.25. The first-order chi connectivity index (χ1) is 13.1. The molecular weight excluding hydrogens is 386 g/mol. The molecule has 0 atom stereocenters. The number of hydrogen-bond donors (Lipinski definition) is 2. The molecule has 0 bridgehead atoms. The fourth-order valence-electron chi connectivity index (χ4n) is 2.13. The van der Waals surface area contributed by atoms with E-state index in [0.717, 1.165) is 5.56 Å². The maximum Gasteiger partial charge on any atom is 0.236 e. The standard InChI is InChI=1S/C17H17N5O3S2/c1-11-9-13(22-25-11)18-15(24)10-26-17-21-20-16(27-17)19-14(23)8-7-12-5-3-2-4-6-12/h2-6,9H,7-8,10H2,1H3,(H,18,22,24)(H,19,20,23). The van der Waals surface area contributed by atoms with Gasteiger partial charge in [-0.3, -0.25) is 9.59 Å². The van der Waals surface area contributed by atoms with Crippen LogP contribution in [0.2, 0.25) is 0 Å². The third-order valence-corrected chi connectivity index (χ3v) is 5.33. The zero-order chi connectivity index (χ0) is 19.1. The van der Waals surface area contributed by atoms with Gasteiger partial charge in [-0.15, -0.1) is 10.2 Å². The highest BCUT2D eigenvalue weighted by atomic mass is 32.2. The summed E-state index contributed by atoms with van der Waals surface area (Å²) in [6, 6.07) is 11.4. The number of amides is 2. The Morgan fingerprint density at radius 1 is 1.15 bits per heavy atom. The van der Waals surface area contributed by atoms with Gasteiger partial charge in [0.2, 0.25) is 16.9 Å². The Morgan fingerprint density at radius 2 is 1.96 bits per heavy atom. The third-order valence-electron chi connectivity index (χ3n) is 3.36. The number of thioether (sulfide) groups is 1. The number of hydrogen-bond acceptors (Lipinski definition) is 8. The van der Waals surface area contributed by atoms with Crippen LogP contribution in [-0.4, -0.2) is 32.9 Å². The second kappa shape index (κ2) is 9.28. The van der Waals surface area contributed by atoms with Gasteiger partial charge in [0.15, 0.2) is 10.2 Å². The van der Waals surface area contributed by atoms with Crippen LogP contribution in [0.15, 0.2) is 45.3 Å². The monoisotopic (exact) mass is 403 g/mol. The molecule has 0 saturated carbocycles. The number of benzene rings is 1. The third kappa shape index (κ3) is 6.19.